The van der Waals surface area contributed by atoms with E-state index in [1.165, 1.54) is 19.3 Å². The number of carboxylic acids is 1. The van der Waals surface area contributed by atoms with Gasteiger partial charge in [-0.1, -0.05) is 33.1 Å². The minimum atomic E-state index is -1.14. The van der Waals surface area contributed by atoms with E-state index in [4.69, 9.17) is 9.63 Å². The standard InChI is InChI=1S/C11H18N2O3/c1-3-4-5-8(2)6-7-9-12-10(11(14)15)13-16-9/h8H,3-7H2,1-2H3,(H,14,15). The summed E-state index contributed by atoms with van der Waals surface area (Å²) in [5, 5.41) is 12.0. The lowest BCUT2D eigenvalue weighted by Gasteiger charge is -2.07. The molecule has 0 aliphatic carbocycles. The van der Waals surface area contributed by atoms with Crippen molar-refractivity contribution in [3.8, 4) is 0 Å². The highest BCUT2D eigenvalue weighted by Crippen LogP contribution is 2.14. The Morgan fingerprint density at radius 2 is 2.25 bits per heavy atom. The molecule has 1 heterocycles. The second kappa shape index (κ2) is 6.25. The Labute approximate surface area is 94.9 Å². The quantitative estimate of drug-likeness (QED) is 0.773. The fraction of sp³-hybridized carbons (Fsp3) is 0.727. The predicted molar refractivity (Wildman–Crippen MR) is 58.3 cm³/mol. The number of rotatable bonds is 7. The van der Waals surface area contributed by atoms with Crippen molar-refractivity contribution >= 4 is 5.97 Å². The van der Waals surface area contributed by atoms with Gasteiger partial charge in [0, 0.05) is 6.42 Å². The van der Waals surface area contributed by atoms with Crippen LogP contribution in [0.5, 0.6) is 0 Å². The third kappa shape index (κ3) is 4.00. The van der Waals surface area contributed by atoms with Crippen LogP contribution in [0.4, 0.5) is 0 Å². The highest BCUT2D eigenvalue weighted by Gasteiger charge is 2.13. The fourth-order valence-electron chi connectivity index (χ4n) is 1.51. The molecule has 0 saturated heterocycles. The Hall–Kier alpha value is -1.39. The first kappa shape index (κ1) is 12.7. The second-order valence-corrected chi connectivity index (χ2v) is 4.10. The maximum Gasteiger partial charge on any atom is 0.377 e. The Morgan fingerprint density at radius 3 is 2.81 bits per heavy atom. The SMILES string of the molecule is CCCCC(C)CCc1nc(C(=O)O)no1. The number of carboxylic acid groups (broad SMARTS) is 1. The molecule has 0 amide bonds. The summed E-state index contributed by atoms with van der Waals surface area (Å²) in [4.78, 5) is 14.3. The monoisotopic (exact) mass is 226 g/mol. The van der Waals surface area contributed by atoms with Gasteiger partial charge >= 0.3 is 5.97 Å². The van der Waals surface area contributed by atoms with Crippen LogP contribution >= 0.6 is 0 Å². The molecule has 0 fully saturated rings. The van der Waals surface area contributed by atoms with E-state index in [9.17, 15) is 4.79 Å². The largest absolute Gasteiger partial charge is 0.475 e. The van der Waals surface area contributed by atoms with Gasteiger partial charge in [0.15, 0.2) is 0 Å². The molecule has 0 bridgehead atoms. The van der Waals surface area contributed by atoms with Gasteiger partial charge in [-0.3, -0.25) is 0 Å². The zero-order valence-corrected chi connectivity index (χ0v) is 9.77. The Balaban J connectivity index is 2.33. The molecule has 1 aromatic rings. The van der Waals surface area contributed by atoms with Crippen molar-refractivity contribution in [2.75, 3.05) is 0 Å². The summed E-state index contributed by atoms with van der Waals surface area (Å²) in [6.45, 7) is 4.36. The van der Waals surface area contributed by atoms with E-state index in [0.29, 0.717) is 18.2 Å². The van der Waals surface area contributed by atoms with Crippen LogP contribution in [0.15, 0.2) is 4.52 Å². The minimum absolute atomic E-state index is 0.254. The molecule has 5 nitrogen and oxygen atoms in total. The molecule has 1 rings (SSSR count). The molecule has 0 radical (unpaired) electrons. The van der Waals surface area contributed by atoms with Crippen molar-refractivity contribution in [2.45, 2.75) is 46.0 Å². The summed E-state index contributed by atoms with van der Waals surface area (Å²) in [5.41, 5.74) is 0. The average molecular weight is 226 g/mol. The molecular formula is C11H18N2O3. The molecule has 16 heavy (non-hydrogen) atoms. The second-order valence-electron chi connectivity index (χ2n) is 4.10. The number of aryl methyl sites for hydroxylation is 1. The fourth-order valence-corrected chi connectivity index (χ4v) is 1.51. The van der Waals surface area contributed by atoms with Crippen molar-refractivity contribution in [1.29, 1.82) is 0 Å². The lowest BCUT2D eigenvalue weighted by atomic mass is 9.99. The van der Waals surface area contributed by atoms with Crippen LogP contribution in [0, 0.1) is 5.92 Å². The lowest BCUT2D eigenvalue weighted by Crippen LogP contribution is -2.00. The van der Waals surface area contributed by atoms with Gasteiger partial charge in [0.1, 0.15) is 0 Å². The van der Waals surface area contributed by atoms with E-state index >= 15 is 0 Å². The maximum atomic E-state index is 10.5. The molecule has 0 spiro atoms. The minimum Gasteiger partial charge on any atom is -0.475 e. The number of carbonyl (C=O) groups is 1. The molecule has 1 aromatic heterocycles. The van der Waals surface area contributed by atoms with Gasteiger partial charge in [-0.05, 0) is 17.5 Å². The Bertz CT molecular complexity index is 336. The molecule has 0 aliphatic rings. The van der Waals surface area contributed by atoms with Crippen LogP contribution in [-0.2, 0) is 6.42 Å². The normalized spacial score (nSPS) is 12.6. The molecule has 90 valence electrons. The number of aromatic carboxylic acids is 1. The Morgan fingerprint density at radius 1 is 1.50 bits per heavy atom. The van der Waals surface area contributed by atoms with Crippen molar-refractivity contribution in [3.63, 3.8) is 0 Å². The van der Waals surface area contributed by atoms with E-state index in [-0.39, 0.29) is 5.82 Å². The van der Waals surface area contributed by atoms with Crippen LogP contribution in [0.1, 0.15) is 56.0 Å². The number of nitrogens with zero attached hydrogens (tertiary/aromatic N) is 2. The van der Waals surface area contributed by atoms with Crippen LogP contribution in [0.3, 0.4) is 0 Å². The highest BCUT2D eigenvalue weighted by atomic mass is 16.5. The molecule has 1 unspecified atom stereocenters. The molecule has 1 N–H and O–H groups in total. The first-order valence-corrected chi connectivity index (χ1v) is 5.69. The smallest absolute Gasteiger partial charge is 0.377 e. The van der Waals surface area contributed by atoms with Crippen LogP contribution < -0.4 is 0 Å². The third-order valence-corrected chi connectivity index (χ3v) is 2.56. The zero-order valence-electron chi connectivity index (χ0n) is 9.77. The van der Waals surface area contributed by atoms with Crippen molar-refractivity contribution in [2.24, 2.45) is 5.92 Å². The van der Waals surface area contributed by atoms with E-state index in [1.807, 2.05) is 0 Å². The van der Waals surface area contributed by atoms with Gasteiger partial charge in [-0.15, -0.1) is 0 Å². The first-order chi connectivity index (χ1) is 7.63. The summed E-state index contributed by atoms with van der Waals surface area (Å²) in [6.07, 6.45) is 5.24. The number of aromatic nitrogens is 2. The third-order valence-electron chi connectivity index (χ3n) is 2.56. The van der Waals surface area contributed by atoms with E-state index < -0.39 is 5.97 Å². The van der Waals surface area contributed by atoms with Gasteiger partial charge in [0.05, 0.1) is 0 Å². The summed E-state index contributed by atoms with van der Waals surface area (Å²) < 4.78 is 4.84. The summed E-state index contributed by atoms with van der Waals surface area (Å²) in [7, 11) is 0. The van der Waals surface area contributed by atoms with Gasteiger partial charge in [0.25, 0.3) is 5.82 Å². The van der Waals surface area contributed by atoms with Crippen molar-refractivity contribution < 1.29 is 14.4 Å². The molecule has 5 heteroatoms. The van der Waals surface area contributed by atoms with E-state index in [2.05, 4.69) is 24.0 Å². The lowest BCUT2D eigenvalue weighted by molar-refractivity contribution is 0.0680. The number of hydrogen-bond donors (Lipinski definition) is 1. The Kier molecular flexibility index (Phi) is 4.95. The average Bonchev–Trinajstić information content (AvgIpc) is 2.72. The van der Waals surface area contributed by atoms with E-state index in [1.54, 1.807) is 0 Å². The number of unbranched alkanes of at least 4 members (excludes halogenated alkanes) is 1. The van der Waals surface area contributed by atoms with Crippen LogP contribution in [0.25, 0.3) is 0 Å². The van der Waals surface area contributed by atoms with Gasteiger partial charge < -0.3 is 9.63 Å². The molecule has 0 aliphatic heterocycles. The van der Waals surface area contributed by atoms with Gasteiger partial charge in [0.2, 0.25) is 5.89 Å². The summed E-state index contributed by atoms with van der Waals surface area (Å²) in [5.74, 6) is -0.369. The zero-order chi connectivity index (χ0) is 12.0. The summed E-state index contributed by atoms with van der Waals surface area (Å²) in [6, 6.07) is 0. The molecule has 0 aromatic carbocycles. The molecule has 1 atom stereocenters. The predicted octanol–water partition coefficient (Wildman–Crippen LogP) is 2.53. The van der Waals surface area contributed by atoms with Gasteiger partial charge in [-0.25, -0.2) is 4.79 Å². The summed E-state index contributed by atoms with van der Waals surface area (Å²) >= 11 is 0. The molecule has 0 saturated carbocycles. The first-order valence-electron chi connectivity index (χ1n) is 5.69. The van der Waals surface area contributed by atoms with Crippen LogP contribution in [0.2, 0.25) is 0 Å². The molecular weight excluding hydrogens is 208 g/mol. The van der Waals surface area contributed by atoms with Gasteiger partial charge in [-0.2, -0.15) is 4.98 Å². The highest BCUT2D eigenvalue weighted by molar-refractivity contribution is 5.82. The van der Waals surface area contributed by atoms with E-state index in [0.717, 1.165) is 6.42 Å². The maximum absolute atomic E-state index is 10.5. The topological polar surface area (TPSA) is 76.2 Å². The number of hydrogen-bond acceptors (Lipinski definition) is 4. The van der Waals surface area contributed by atoms with Crippen molar-refractivity contribution in [3.05, 3.63) is 11.7 Å². The van der Waals surface area contributed by atoms with Crippen LogP contribution in [-0.4, -0.2) is 21.2 Å². The van der Waals surface area contributed by atoms with Crippen molar-refractivity contribution in [1.82, 2.24) is 10.1 Å².